The quantitative estimate of drug-likeness (QED) is 0.376. The van der Waals surface area contributed by atoms with Gasteiger partial charge in [0.05, 0.1) is 10.7 Å². The third-order valence-electron chi connectivity index (χ3n) is 4.27. The van der Waals surface area contributed by atoms with Gasteiger partial charge in [-0.2, -0.15) is 13.2 Å². The Labute approximate surface area is 171 Å². The van der Waals surface area contributed by atoms with Crippen molar-refractivity contribution in [2.24, 2.45) is 4.99 Å². The Morgan fingerprint density at radius 1 is 1.21 bits per heavy atom. The summed E-state index contributed by atoms with van der Waals surface area (Å²) in [4.78, 5) is 9.60. The van der Waals surface area contributed by atoms with Crippen molar-refractivity contribution in [3.8, 4) is 0 Å². The summed E-state index contributed by atoms with van der Waals surface area (Å²) >= 11 is 0.978. The van der Waals surface area contributed by atoms with Crippen LogP contribution in [0.5, 0.6) is 0 Å². The molecule has 1 aromatic carbocycles. The largest absolute Gasteiger partial charge is 0.434 e. The van der Waals surface area contributed by atoms with E-state index in [-0.39, 0.29) is 5.82 Å². The molecule has 0 atom stereocenters. The summed E-state index contributed by atoms with van der Waals surface area (Å²) in [6.07, 6.45) is -4.08. The molecule has 0 saturated carbocycles. The van der Waals surface area contributed by atoms with E-state index in [1.165, 1.54) is 6.07 Å². The molecular formula is C19H25F4N5S. The molecule has 160 valence electrons. The minimum absolute atomic E-state index is 0.278. The van der Waals surface area contributed by atoms with E-state index in [2.05, 4.69) is 20.6 Å². The number of hydrogen-bond donors (Lipinski definition) is 2. The fourth-order valence-corrected chi connectivity index (χ4v) is 3.54. The van der Waals surface area contributed by atoms with E-state index < -0.39 is 11.9 Å². The summed E-state index contributed by atoms with van der Waals surface area (Å²) < 4.78 is 52.1. The van der Waals surface area contributed by atoms with Gasteiger partial charge >= 0.3 is 6.18 Å². The number of anilines is 1. The fraction of sp³-hybridized carbons (Fsp3) is 0.474. The molecule has 2 N–H and O–H groups in total. The molecule has 0 unspecified atom stereocenters. The van der Waals surface area contributed by atoms with Gasteiger partial charge < -0.3 is 15.5 Å². The van der Waals surface area contributed by atoms with Crippen LogP contribution in [0.2, 0.25) is 0 Å². The van der Waals surface area contributed by atoms with Crippen LogP contribution in [0.15, 0.2) is 28.6 Å². The molecule has 0 saturated heterocycles. The zero-order valence-corrected chi connectivity index (χ0v) is 17.4. The topological polar surface area (TPSA) is 52.5 Å². The van der Waals surface area contributed by atoms with E-state index in [0.29, 0.717) is 36.2 Å². The van der Waals surface area contributed by atoms with Crippen LogP contribution in [0.25, 0.3) is 0 Å². The van der Waals surface area contributed by atoms with Crippen molar-refractivity contribution >= 4 is 23.0 Å². The van der Waals surface area contributed by atoms with Gasteiger partial charge in [0.2, 0.25) is 0 Å². The van der Waals surface area contributed by atoms with Gasteiger partial charge in [-0.25, -0.2) is 9.37 Å². The molecule has 2 aromatic rings. The highest BCUT2D eigenvalue weighted by atomic mass is 32.1. The van der Waals surface area contributed by atoms with Crippen LogP contribution in [0.1, 0.15) is 30.1 Å². The number of rotatable bonds is 8. The van der Waals surface area contributed by atoms with Crippen molar-refractivity contribution < 1.29 is 17.6 Å². The number of alkyl halides is 3. The number of aromatic nitrogens is 1. The Morgan fingerprint density at radius 3 is 2.48 bits per heavy atom. The third kappa shape index (κ3) is 6.59. The molecular weight excluding hydrogens is 406 g/mol. The standard InChI is InChI=1S/C19H25F4N5S/c1-4-28(5-2)15-7-6-13(10-14(15)20)11-26-18(24-3)25-9-8-17-27-16(12-29-17)19(21,22)23/h6-7,10,12H,4-5,8-9,11H2,1-3H3,(H2,24,25,26). The van der Waals surface area contributed by atoms with Crippen molar-refractivity contribution in [3.63, 3.8) is 0 Å². The summed E-state index contributed by atoms with van der Waals surface area (Å²) in [5.74, 6) is 0.200. The average molecular weight is 432 g/mol. The molecule has 0 aliphatic heterocycles. The maximum absolute atomic E-state index is 14.4. The van der Waals surface area contributed by atoms with E-state index in [9.17, 15) is 17.6 Å². The van der Waals surface area contributed by atoms with E-state index in [4.69, 9.17) is 0 Å². The van der Waals surface area contributed by atoms with Gasteiger partial charge in [-0.1, -0.05) is 6.07 Å². The van der Waals surface area contributed by atoms with Gasteiger partial charge in [-0.15, -0.1) is 11.3 Å². The Kier molecular flexibility index (Phi) is 8.24. The number of nitrogens with zero attached hydrogens (tertiary/aromatic N) is 3. The number of halogens is 4. The van der Waals surface area contributed by atoms with Gasteiger partial charge in [0.1, 0.15) is 5.82 Å². The van der Waals surface area contributed by atoms with Crippen LogP contribution < -0.4 is 15.5 Å². The first-order valence-electron chi connectivity index (χ1n) is 9.27. The zero-order valence-electron chi connectivity index (χ0n) is 16.6. The second kappa shape index (κ2) is 10.4. The van der Waals surface area contributed by atoms with Crippen LogP contribution in [0.3, 0.4) is 0 Å². The number of hydrogen-bond acceptors (Lipinski definition) is 4. The molecule has 10 heteroatoms. The Balaban J connectivity index is 1.84. The monoisotopic (exact) mass is 431 g/mol. The van der Waals surface area contributed by atoms with Crippen LogP contribution in [0.4, 0.5) is 23.2 Å². The molecule has 29 heavy (non-hydrogen) atoms. The van der Waals surface area contributed by atoms with Crippen molar-refractivity contribution in [3.05, 3.63) is 45.7 Å². The lowest BCUT2D eigenvalue weighted by Gasteiger charge is -2.22. The summed E-state index contributed by atoms with van der Waals surface area (Å²) in [6.45, 7) is 6.15. The zero-order chi connectivity index (χ0) is 21.4. The molecule has 1 heterocycles. The van der Waals surface area contributed by atoms with E-state index >= 15 is 0 Å². The van der Waals surface area contributed by atoms with Gasteiger partial charge in [-0.3, -0.25) is 4.99 Å². The highest BCUT2D eigenvalue weighted by molar-refractivity contribution is 7.09. The molecule has 0 amide bonds. The van der Waals surface area contributed by atoms with Crippen LogP contribution >= 0.6 is 11.3 Å². The van der Waals surface area contributed by atoms with Crippen molar-refractivity contribution in [2.75, 3.05) is 31.6 Å². The van der Waals surface area contributed by atoms with Gasteiger partial charge in [-0.05, 0) is 31.5 Å². The lowest BCUT2D eigenvalue weighted by molar-refractivity contribution is -0.140. The molecule has 0 radical (unpaired) electrons. The summed E-state index contributed by atoms with van der Waals surface area (Å²) in [6, 6.07) is 5.10. The number of thiazole rings is 1. The highest BCUT2D eigenvalue weighted by Crippen LogP contribution is 2.30. The molecule has 2 rings (SSSR count). The molecule has 0 bridgehead atoms. The Bertz CT molecular complexity index is 815. The van der Waals surface area contributed by atoms with Gasteiger partial charge in [0, 0.05) is 45.0 Å². The van der Waals surface area contributed by atoms with Crippen LogP contribution in [-0.2, 0) is 19.1 Å². The van der Waals surface area contributed by atoms with Crippen LogP contribution in [0, 0.1) is 5.82 Å². The first-order chi connectivity index (χ1) is 13.8. The van der Waals surface area contributed by atoms with E-state index in [0.717, 1.165) is 35.4 Å². The Hall–Kier alpha value is -2.36. The van der Waals surface area contributed by atoms with Crippen LogP contribution in [-0.4, -0.2) is 37.6 Å². The predicted octanol–water partition coefficient (Wildman–Crippen LogP) is 4.05. The fourth-order valence-electron chi connectivity index (χ4n) is 2.73. The summed E-state index contributed by atoms with van der Waals surface area (Å²) in [5, 5.41) is 7.50. The van der Waals surface area contributed by atoms with E-state index in [1.54, 1.807) is 13.1 Å². The van der Waals surface area contributed by atoms with Gasteiger partial charge in [0.15, 0.2) is 11.7 Å². The average Bonchev–Trinajstić information content (AvgIpc) is 3.16. The second-order valence-corrected chi connectivity index (χ2v) is 7.13. The van der Waals surface area contributed by atoms with Crippen molar-refractivity contribution in [1.29, 1.82) is 0 Å². The molecule has 0 fully saturated rings. The maximum atomic E-state index is 14.4. The SMILES string of the molecule is CCN(CC)c1ccc(CNC(=NC)NCCc2nc(C(F)(F)F)cs2)cc1F. The molecule has 0 aliphatic carbocycles. The highest BCUT2D eigenvalue weighted by Gasteiger charge is 2.33. The first kappa shape index (κ1) is 22.9. The molecule has 5 nitrogen and oxygen atoms in total. The van der Waals surface area contributed by atoms with Gasteiger partial charge in [0.25, 0.3) is 0 Å². The molecule has 0 aliphatic rings. The lowest BCUT2D eigenvalue weighted by atomic mass is 10.2. The van der Waals surface area contributed by atoms with E-state index in [1.807, 2.05) is 24.8 Å². The summed E-state index contributed by atoms with van der Waals surface area (Å²) in [5.41, 5.74) is 0.467. The Morgan fingerprint density at radius 2 is 1.93 bits per heavy atom. The normalized spacial score (nSPS) is 12.2. The number of guanidine groups is 1. The lowest BCUT2D eigenvalue weighted by Crippen LogP contribution is -2.37. The number of benzene rings is 1. The minimum Gasteiger partial charge on any atom is -0.370 e. The molecule has 0 spiro atoms. The first-order valence-corrected chi connectivity index (χ1v) is 10.2. The van der Waals surface area contributed by atoms with Crippen molar-refractivity contribution in [2.45, 2.75) is 33.0 Å². The smallest absolute Gasteiger partial charge is 0.370 e. The molecule has 1 aromatic heterocycles. The second-order valence-electron chi connectivity index (χ2n) is 6.18. The van der Waals surface area contributed by atoms with Crippen molar-refractivity contribution in [1.82, 2.24) is 15.6 Å². The third-order valence-corrected chi connectivity index (χ3v) is 5.18. The summed E-state index contributed by atoms with van der Waals surface area (Å²) in [7, 11) is 1.59. The maximum Gasteiger partial charge on any atom is 0.434 e. The minimum atomic E-state index is -4.42. The number of aliphatic imine (C=N–C) groups is 1. The predicted molar refractivity (Wildman–Crippen MR) is 109 cm³/mol. The number of nitrogens with one attached hydrogen (secondary N) is 2.